The van der Waals surface area contributed by atoms with Crippen molar-refractivity contribution < 1.29 is 17.9 Å². The van der Waals surface area contributed by atoms with Gasteiger partial charge in [-0.15, -0.1) is 11.3 Å². The van der Waals surface area contributed by atoms with E-state index in [9.17, 15) is 8.42 Å². The molecule has 8 heteroatoms. The minimum atomic E-state index is -3.44. The second kappa shape index (κ2) is 9.43. The van der Waals surface area contributed by atoms with Crippen LogP contribution in [0.4, 0.5) is 0 Å². The molecular weight excluding hydrogens is 300 g/mol. The first-order valence-corrected chi connectivity index (χ1v) is 8.81. The van der Waals surface area contributed by atoms with Crippen molar-refractivity contribution in [3.8, 4) is 0 Å². The van der Waals surface area contributed by atoms with E-state index in [2.05, 4.69) is 10.0 Å². The van der Waals surface area contributed by atoms with Gasteiger partial charge in [0.15, 0.2) is 0 Å². The predicted octanol–water partition coefficient (Wildman–Crippen LogP) is 0.799. The Balaban J connectivity index is 2.38. The lowest BCUT2D eigenvalue weighted by molar-refractivity contribution is 0.0736. The zero-order valence-corrected chi connectivity index (χ0v) is 13.5. The smallest absolute Gasteiger partial charge is 0.241 e. The Morgan fingerprint density at radius 2 is 2.10 bits per heavy atom. The molecule has 116 valence electrons. The Hall–Kier alpha value is -0.510. The van der Waals surface area contributed by atoms with Gasteiger partial charge in [-0.3, -0.25) is 0 Å². The van der Waals surface area contributed by atoms with E-state index in [1.165, 1.54) is 11.3 Å². The summed E-state index contributed by atoms with van der Waals surface area (Å²) in [4.78, 5) is 1.32. The quantitative estimate of drug-likeness (QED) is 0.589. The summed E-state index contributed by atoms with van der Waals surface area (Å²) in [5.74, 6) is 0. The van der Waals surface area contributed by atoms with Gasteiger partial charge in [0.1, 0.15) is 0 Å². The van der Waals surface area contributed by atoms with Crippen LogP contribution in [-0.2, 0) is 26.0 Å². The summed E-state index contributed by atoms with van der Waals surface area (Å²) in [5.41, 5.74) is 0. The minimum Gasteiger partial charge on any atom is -0.382 e. The molecule has 0 aliphatic carbocycles. The summed E-state index contributed by atoms with van der Waals surface area (Å²) in [6.45, 7) is 5.11. The van der Waals surface area contributed by atoms with Gasteiger partial charge in [-0.2, -0.15) is 0 Å². The van der Waals surface area contributed by atoms with Gasteiger partial charge < -0.3 is 14.8 Å². The summed E-state index contributed by atoms with van der Waals surface area (Å²) >= 11 is 1.44. The first-order chi connectivity index (χ1) is 9.60. The summed E-state index contributed by atoms with van der Waals surface area (Å²) in [7, 11) is -1.84. The topological polar surface area (TPSA) is 76.7 Å². The number of thiophene rings is 1. The van der Waals surface area contributed by atoms with E-state index in [4.69, 9.17) is 9.47 Å². The highest BCUT2D eigenvalue weighted by Gasteiger charge is 2.15. The first kappa shape index (κ1) is 17.5. The van der Waals surface area contributed by atoms with Crippen LogP contribution in [0.15, 0.2) is 16.3 Å². The third-order valence-corrected chi connectivity index (χ3v) is 4.99. The average Bonchev–Trinajstić information content (AvgIpc) is 2.90. The van der Waals surface area contributed by atoms with Gasteiger partial charge in [0, 0.05) is 30.5 Å². The molecule has 0 fully saturated rings. The van der Waals surface area contributed by atoms with Crippen molar-refractivity contribution in [3.05, 3.63) is 16.3 Å². The van der Waals surface area contributed by atoms with Crippen LogP contribution in [0.2, 0.25) is 0 Å². The zero-order chi connectivity index (χ0) is 14.8. The van der Waals surface area contributed by atoms with Gasteiger partial charge in [-0.1, -0.05) is 6.92 Å². The zero-order valence-electron chi connectivity index (χ0n) is 11.8. The maximum atomic E-state index is 12.0. The van der Waals surface area contributed by atoms with Gasteiger partial charge in [0.2, 0.25) is 10.0 Å². The number of nitrogens with one attached hydrogen (secondary N) is 2. The van der Waals surface area contributed by atoms with E-state index in [-0.39, 0.29) is 6.54 Å². The number of rotatable bonds is 11. The van der Waals surface area contributed by atoms with Crippen molar-refractivity contribution in [3.63, 3.8) is 0 Å². The molecule has 1 rings (SSSR count). The molecule has 0 aliphatic rings. The standard InChI is InChI=1S/C12H22N2O4S2/c1-3-13-9-11-8-12(10-19-11)20(15,16)14-4-5-18-7-6-17-2/h8,10,13-14H,3-7,9H2,1-2H3. The van der Waals surface area contributed by atoms with Crippen molar-refractivity contribution in [2.75, 3.05) is 40.0 Å². The maximum absolute atomic E-state index is 12.0. The van der Waals surface area contributed by atoms with Crippen molar-refractivity contribution >= 4 is 21.4 Å². The van der Waals surface area contributed by atoms with Crippen molar-refractivity contribution in [1.29, 1.82) is 0 Å². The van der Waals surface area contributed by atoms with Crippen LogP contribution in [0, 0.1) is 0 Å². The van der Waals surface area contributed by atoms with E-state index in [0.717, 1.165) is 11.4 Å². The lowest BCUT2D eigenvalue weighted by atomic mass is 10.4. The molecule has 0 saturated heterocycles. The van der Waals surface area contributed by atoms with Gasteiger partial charge in [0.05, 0.1) is 24.7 Å². The molecule has 6 nitrogen and oxygen atoms in total. The van der Waals surface area contributed by atoms with Crippen molar-refractivity contribution in [2.24, 2.45) is 0 Å². The maximum Gasteiger partial charge on any atom is 0.241 e. The number of sulfonamides is 1. The fourth-order valence-electron chi connectivity index (χ4n) is 1.42. The second-order valence-electron chi connectivity index (χ2n) is 4.03. The SMILES string of the molecule is CCNCc1cc(S(=O)(=O)NCCOCCOC)cs1. The molecule has 0 bridgehead atoms. The van der Waals surface area contributed by atoms with Crippen molar-refractivity contribution in [1.82, 2.24) is 10.0 Å². The Morgan fingerprint density at radius 3 is 2.80 bits per heavy atom. The Morgan fingerprint density at radius 1 is 1.30 bits per heavy atom. The van der Waals surface area contributed by atoms with Crippen LogP contribution in [0.1, 0.15) is 11.8 Å². The molecule has 1 heterocycles. The molecule has 0 spiro atoms. The molecule has 0 aromatic carbocycles. The van der Waals surface area contributed by atoms with E-state index in [1.54, 1.807) is 18.6 Å². The monoisotopic (exact) mass is 322 g/mol. The minimum absolute atomic E-state index is 0.254. The van der Waals surface area contributed by atoms with E-state index < -0.39 is 10.0 Å². The Kier molecular flexibility index (Phi) is 8.27. The Bertz CT molecular complexity index is 474. The number of methoxy groups -OCH3 is 1. The van der Waals surface area contributed by atoms with Gasteiger partial charge in [0.25, 0.3) is 0 Å². The fourth-order valence-corrected chi connectivity index (χ4v) is 3.68. The molecule has 2 N–H and O–H groups in total. The van der Waals surface area contributed by atoms with E-state index in [1.807, 2.05) is 6.92 Å². The van der Waals surface area contributed by atoms with Crippen LogP contribution >= 0.6 is 11.3 Å². The predicted molar refractivity (Wildman–Crippen MR) is 79.6 cm³/mol. The summed E-state index contributed by atoms with van der Waals surface area (Å²) < 4.78 is 36.6. The summed E-state index contributed by atoms with van der Waals surface area (Å²) in [6, 6.07) is 1.70. The number of ether oxygens (including phenoxy) is 2. The highest BCUT2D eigenvalue weighted by molar-refractivity contribution is 7.89. The number of hydrogen-bond acceptors (Lipinski definition) is 6. The fraction of sp³-hybridized carbons (Fsp3) is 0.667. The molecule has 0 atom stereocenters. The molecule has 20 heavy (non-hydrogen) atoms. The molecule has 0 saturated carbocycles. The highest BCUT2D eigenvalue weighted by atomic mass is 32.2. The van der Waals surface area contributed by atoms with Crippen LogP contribution in [0.3, 0.4) is 0 Å². The highest BCUT2D eigenvalue weighted by Crippen LogP contribution is 2.18. The van der Waals surface area contributed by atoms with Crippen LogP contribution in [0.5, 0.6) is 0 Å². The lowest BCUT2D eigenvalue weighted by Gasteiger charge is -2.06. The van der Waals surface area contributed by atoms with Gasteiger partial charge in [-0.05, 0) is 12.6 Å². The third kappa shape index (κ3) is 6.29. The summed E-state index contributed by atoms with van der Waals surface area (Å²) in [6.07, 6.45) is 0. The normalized spacial score (nSPS) is 11.9. The molecule has 1 aromatic heterocycles. The molecule has 1 aromatic rings. The molecular formula is C12H22N2O4S2. The van der Waals surface area contributed by atoms with Gasteiger partial charge in [-0.25, -0.2) is 13.1 Å². The van der Waals surface area contributed by atoms with Crippen LogP contribution in [-0.4, -0.2) is 48.4 Å². The largest absolute Gasteiger partial charge is 0.382 e. The molecule has 0 amide bonds. The third-order valence-electron chi connectivity index (χ3n) is 2.46. The molecule has 0 aliphatic heterocycles. The Labute approximate surface area is 124 Å². The first-order valence-electron chi connectivity index (χ1n) is 6.44. The summed E-state index contributed by atoms with van der Waals surface area (Å²) in [5, 5.41) is 4.82. The second-order valence-corrected chi connectivity index (χ2v) is 6.79. The van der Waals surface area contributed by atoms with Crippen LogP contribution < -0.4 is 10.0 Å². The molecule has 0 unspecified atom stereocenters. The molecule has 0 radical (unpaired) electrons. The average molecular weight is 322 g/mol. The van der Waals surface area contributed by atoms with Gasteiger partial charge >= 0.3 is 0 Å². The van der Waals surface area contributed by atoms with E-state index >= 15 is 0 Å². The van der Waals surface area contributed by atoms with Crippen molar-refractivity contribution in [2.45, 2.75) is 18.4 Å². The number of hydrogen-bond donors (Lipinski definition) is 2. The van der Waals surface area contributed by atoms with E-state index in [0.29, 0.717) is 31.3 Å². The lowest BCUT2D eigenvalue weighted by Crippen LogP contribution is -2.27. The van der Waals surface area contributed by atoms with Crippen LogP contribution in [0.25, 0.3) is 0 Å².